The van der Waals surface area contributed by atoms with E-state index in [9.17, 15) is 14.4 Å². The van der Waals surface area contributed by atoms with Crippen molar-refractivity contribution in [2.24, 2.45) is 0 Å². The highest BCUT2D eigenvalue weighted by molar-refractivity contribution is 6.05. The van der Waals surface area contributed by atoms with Crippen LogP contribution in [0.15, 0.2) is 36.4 Å². The third-order valence-electron chi connectivity index (χ3n) is 6.87. The number of carbonyl (C=O) groups excluding carboxylic acids is 3. The second kappa shape index (κ2) is 9.06. The zero-order valence-electron chi connectivity index (χ0n) is 19.1. The number of anilines is 1. The molecule has 2 aromatic carbocycles. The van der Waals surface area contributed by atoms with E-state index in [-0.39, 0.29) is 31.2 Å². The maximum absolute atomic E-state index is 15.1. The standard InChI is InChI=1S/C25H27FN4O4/c1-34-18-4-2-16(3-5-18)14-28-8-10-29(11-9-28)22-12-17-15-30(25(33)19(17)13-20(22)26)21-6-7-23(31)27-24(21)32/h2-5,12-13,21H,6-11,14-15H2,1H3,(H,27,31,32). The number of fused-ring (bicyclic) bond motifs is 1. The number of amides is 3. The summed E-state index contributed by atoms with van der Waals surface area (Å²) in [6, 6.07) is 10.3. The third-order valence-corrected chi connectivity index (χ3v) is 6.87. The number of hydrogen-bond acceptors (Lipinski definition) is 6. The van der Waals surface area contributed by atoms with Crippen molar-refractivity contribution >= 4 is 23.4 Å². The van der Waals surface area contributed by atoms with Crippen molar-refractivity contribution in [2.45, 2.75) is 32.0 Å². The number of ether oxygens (including phenoxy) is 1. The normalized spacial score (nSPS) is 21.0. The molecule has 2 saturated heterocycles. The molecule has 0 aromatic heterocycles. The molecule has 3 aliphatic rings. The number of piperazine rings is 1. The summed E-state index contributed by atoms with van der Waals surface area (Å²) in [6.07, 6.45) is 0.479. The van der Waals surface area contributed by atoms with Gasteiger partial charge in [-0.15, -0.1) is 0 Å². The Bertz CT molecular complexity index is 1130. The topological polar surface area (TPSA) is 82.2 Å². The van der Waals surface area contributed by atoms with Crippen molar-refractivity contribution in [3.8, 4) is 5.75 Å². The molecule has 0 bridgehead atoms. The van der Waals surface area contributed by atoms with Gasteiger partial charge in [-0.3, -0.25) is 24.6 Å². The van der Waals surface area contributed by atoms with Crippen molar-refractivity contribution in [1.29, 1.82) is 0 Å². The van der Waals surface area contributed by atoms with Gasteiger partial charge < -0.3 is 14.5 Å². The maximum atomic E-state index is 15.1. The summed E-state index contributed by atoms with van der Waals surface area (Å²) in [5, 5.41) is 2.29. The first-order valence-corrected chi connectivity index (χ1v) is 11.5. The van der Waals surface area contributed by atoms with Crippen LogP contribution in [0.1, 0.15) is 34.3 Å². The minimum absolute atomic E-state index is 0.191. The Morgan fingerprint density at radius 3 is 2.47 bits per heavy atom. The first kappa shape index (κ1) is 22.3. The van der Waals surface area contributed by atoms with Crippen LogP contribution in [-0.2, 0) is 22.7 Å². The van der Waals surface area contributed by atoms with Gasteiger partial charge in [0.15, 0.2) is 0 Å². The first-order valence-electron chi connectivity index (χ1n) is 11.5. The average Bonchev–Trinajstić information content (AvgIpc) is 3.15. The summed E-state index contributed by atoms with van der Waals surface area (Å²) in [5.74, 6) is -0.758. The lowest BCUT2D eigenvalue weighted by Gasteiger charge is -2.36. The SMILES string of the molecule is COc1ccc(CN2CCN(c3cc4c(cc3F)C(=O)N(C3CCC(=O)NC3=O)C4)CC2)cc1. The quantitative estimate of drug-likeness (QED) is 0.678. The molecular formula is C25H27FN4O4. The van der Waals surface area contributed by atoms with Gasteiger partial charge in [-0.1, -0.05) is 12.1 Å². The van der Waals surface area contributed by atoms with Gasteiger partial charge in [-0.2, -0.15) is 0 Å². The van der Waals surface area contributed by atoms with Crippen molar-refractivity contribution < 1.29 is 23.5 Å². The number of rotatable bonds is 5. The number of carbonyl (C=O) groups is 3. The molecule has 8 nitrogen and oxygen atoms in total. The number of hydrogen-bond donors (Lipinski definition) is 1. The van der Waals surface area contributed by atoms with Gasteiger partial charge >= 0.3 is 0 Å². The van der Waals surface area contributed by atoms with E-state index < -0.39 is 17.8 Å². The monoisotopic (exact) mass is 466 g/mol. The van der Waals surface area contributed by atoms with E-state index in [0.29, 0.717) is 29.9 Å². The average molecular weight is 467 g/mol. The minimum Gasteiger partial charge on any atom is -0.497 e. The fourth-order valence-corrected chi connectivity index (χ4v) is 4.95. The minimum atomic E-state index is -0.703. The van der Waals surface area contributed by atoms with E-state index in [4.69, 9.17) is 4.74 Å². The van der Waals surface area contributed by atoms with Crippen LogP contribution in [0.3, 0.4) is 0 Å². The van der Waals surface area contributed by atoms with Gasteiger partial charge in [0, 0.05) is 51.3 Å². The Kier molecular flexibility index (Phi) is 5.95. The fourth-order valence-electron chi connectivity index (χ4n) is 4.95. The third kappa shape index (κ3) is 4.23. The second-order valence-electron chi connectivity index (χ2n) is 8.97. The first-order chi connectivity index (χ1) is 16.4. The smallest absolute Gasteiger partial charge is 0.255 e. The highest BCUT2D eigenvalue weighted by Gasteiger charge is 2.39. The number of benzene rings is 2. The highest BCUT2D eigenvalue weighted by Crippen LogP contribution is 2.33. The van der Waals surface area contributed by atoms with Crippen LogP contribution >= 0.6 is 0 Å². The molecule has 0 radical (unpaired) electrons. The predicted octanol–water partition coefficient (Wildman–Crippen LogP) is 1.92. The highest BCUT2D eigenvalue weighted by atomic mass is 19.1. The van der Waals surface area contributed by atoms with Crippen LogP contribution in [0.4, 0.5) is 10.1 Å². The van der Waals surface area contributed by atoms with Crippen LogP contribution in [0.5, 0.6) is 5.75 Å². The molecule has 1 atom stereocenters. The Hall–Kier alpha value is -3.46. The Morgan fingerprint density at radius 1 is 1.06 bits per heavy atom. The van der Waals surface area contributed by atoms with Crippen molar-refractivity contribution in [2.75, 3.05) is 38.2 Å². The van der Waals surface area contributed by atoms with Crippen LogP contribution in [0.2, 0.25) is 0 Å². The van der Waals surface area contributed by atoms with E-state index in [1.165, 1.54) is 16.5 Å². The summed E-state index contributed by atoms with van der Waals surface area (Å²) in [4.78, 5) is 42.4. The molecule has 34 heavy (non-hydrogen) atoms. The number of imide groups is 1. The van der Waals surface area contributed by atoms with E-state index in [2.05, 4.69) is 22.3 Å². The summed E-state index contributed by atoms with van der Waals surface area (Å²) in [5.41, 5.74) is 2.70. The summed E-state index contributed by atoms with van der Waals surface area (Å²) >= 11 is 0. The summed E-state index contributed by atoms with van der Waals surface area (Å²) in [7, 11) is 1.65. The zero-order chi connectivity index (χ0) is 23.8. The Balaban J connectivity index is 1.25. The molecular weight excluding hydrogens is 439 g/mol. The van der Waals surface area contributed by atoms with Gasteiger partial charge in [0.2, 0.25) is 11.8 Å². The molecule has 3 aliphatic heterocycles. The lowest BCUT2D eigenvalue weighted by atomic mass is 10.0. The van der Waals surface area contributed by atoms with E-state index >= 15 is 4.39 Å². The van der Waals surface area contributed by atoms with Crippen LogP contribution < -0.4 is 15.0 Å². The lowest BCUT2D eigenvalue weighted by Crippen LogP contribution is -2.52. The number of piperidine rings is 1. The molecule has 0 aliphatic carbocycles. The second-order valence-corrected chi connectivity index (χ2v) is 8.97. The van der Waals surface area contributed by atoms with E-state index in [1.807, 2.05) is 17.0 Å². The maximum Gasteiger partial charge on any atom is 0.255 e. The summed E-state index contributed by atoms with van der Waals surface area (Å²) < 4.78 is 20.3. The van der Waals surface area contributed by atoms with Crippen molar-refractivity contribution in [3.05, 3.63) is 58.9 Å². The number of nitrogens with zero attached hydrogens (tertiary/aromatic N) is 3. The van der Waals surface area contributed by atoms with Gasteiger partial charge in [0.05, 0.1) is 12.8 Å². The Morgan fingerprint density at radius 2 is 1.79 bits per heavy atom. The lowest BCUT2D eigenvalue weighted by molar-refractivity contribution is -0.136. The molecule has 2 fully saturated rings. The van der Waals surface area contributed by atoms with Crippen molar-refractivity contribution in [3.63, 3.8) is 0 Å². The Labute approximate surface area is 197 Å². The van der Waals surface area contributed by atoms with E-state index in [1.54, 1.807) is 13.2 Å². The molecule has 0 saturated carbocycles. The van der Waals surface area contributed by atoms with Gasteiger partial charge in [-0.05, 0) is 41.8 Å². The fraction of sp³-hybridized carbons (Fsp3) is 0.400. The summed E-state index contributed by atoms with van der Waals surface area (Å²) in [6.45, 7) is 4.01. The number of nitrogens with one attached hydrogen (secondary N) is 1. The molecule has 178 valence electrons. The molecule has 5 rings (SSSR count). The van der Waals surface area contributed by atoms with Crippen molar-refractivity contribution in [1.82, 2.24) is 15.1 Å². The van der Waals surface area contributed by atoms with Gasteiger partial charge in [0.25, 0.3) is 5.91 Å². The molecule has 1 N–H and O–H groups in total. The number of halogens is 1. The molecule has 0 spiro atoms. The van der Waals surface area contributed by atoms with Crippen LogP contribution in [0.25, 0.3) is 0 Å². The van der Waals surface area contributed by atoms with Crippen LogP contribution in [-0.4, -0.2) is 66.9 Å². The van der Waals surface area contributed by atoms with Gasteiger partial charge in [-0.25, -0.2) is 4.39 Å². The molecule has 3 heterocycles. The number of methoxy groups -OCH3 is 1. The van der Waals surface area contributed by atoms with E-state index in [0.717, 1.165) is 25.4 Å². The largest absolute Gasteiger partial charge is 0.497 e. The molecule has 3 amide bonds. The van der Waals surface area contributed by atoms with Gasteiger partial charge in [0.1, 0.15) is 17.6 Å². The van der Waals surface area contributed by atoms with Crippen LogP contribution in [0, 0.1) is 5.82 Å². The zero-order valence-corrected chi connectivity index (χ0v) is 19.1. The molecule has 9 heteroatoms. The molecule has 2 aromatic rings. The predicted molar refractivity (Wildman–Crippen MR) is 123 cm³/mol. The molecule has 1 unspecified atom stereocenters.